The second-order valence-corrected chi connectivity index (χ2v) is 8.01. The molecule has 0 aliphatic carbocycles. The molecule has 1 aromatic heterocycles. The average molecular weight is 399 g/mol. The molecule has 2 aliphatic rings. The Hall–Kier alpha value is -2.47. The van der Waals surface area contributed by atoms with E-state index < -0.39 is 5.97 Å². The summed E-state index contributed by atoms with van der Waals surface area (Å²) in [6.45, 7) is 4.28. The van der Waals surface area contributed by atoms with Gasteiger partial charge in [-0.05, 0) is 62.1 Å². The molecule has 0 amide bonds. The smallest absolute Gasteiger partial charge is 0.372 e. The van der Waals surface area contributed by atoms with Crippen LogP contribution in [-0.2, 0) is 20.7 Å². The zero-order valence-electron chi connectivity index (χ0n) is 17.7. The van der Waals surface area contributed by atoms with Crippen molar-refractivity contribution in [2.45, 2.75) is 38.6 Å². The van der Waals surface area contributed by atoms with Crippen molar-refractivity contribution in [1.82, 2.24) is 9.88 Å². The van der Waals surface area contributed by atoms with Crippen molar-refractivity contribution in [2.75, 3.05) is 34.4 Å². The molecule has 1 saturated heterocycles. The standard InChI is InChI=1S/C23H30N2O4/c1-5-23(14-19(28-3)22(26)29-4)10-6-11-25-12-9-16-17-13-15(27-2)7-8-18(17)24-20(16)21(23)25/h7-8,13-14,21,24H,5-6,9-12H2,1-4H3/b19-14-/t21-,23+/m1/s1. The fourth-order valence-electron chi connectivity index (χ4n) is 5.27. The fraction of sp³-hybridized carbons (Fsp3) is 0.522. The lowest BCUT2D eigenvalue weighted by molar-refractivity contribution is -0.139. The predicted molar refractivity (Wildman–Crippen MR) is 112 cm³/mol. The number of benzene rings is 1. The van der Waals surface area contributed by atoms with Crippen LogP contribution in [0.1, 0.15) is 43.5 Å². The van der Waals surface area contributed by atoms with Crippen LogP contribution in [0, 0.1) is 5.41 Å². The van der Waals surface area contributed by atoms with Gasteiger partial charge in [-0.25, -0.2) is 4.79 Å². The minimum Gasteiger partial charge on any atom is -0.497 e. The number of aromatic nitrogens is 1. The van der Waals surface area contributed by atoms with Crippen molar-refractivity contribution in [3.05, 3.63) is 41.3 Å². The molecule has 0 bridgehead atoms. The molecule has 29 heavy (non-hydrogen) atoms. The first-order valence-electron chi connectivity index (χ1n) is 10.3. The van der Waals surface area contributed by atoms with Gasteiger partial charge in [0, 0.05) is 28.6 Å². The van der Waals surface area contributed by atoms with Crippen LogP contribution < -0.4 is 4.74 Å². The summed E-state index contributed by atoms with van der Waals surface area (Å²) in [7, 11) is 4.63. The maximum atomic E-state index is 12.2. The molecule has 4 rings (SSSR count). The SMILES string of the molecule is CC[C@@]1(/C=C(\OC)C(=O)OC)CCCN2CCc3c([nH]c4ccc(OC)cc34)[C@@H]21. The second-order valence-electron chi connectivity index (χ2n) is 8.01. The summed E-state index contributed by atoms with van der Waals surface area (Å²) < 4.78 is 15.8. The first-order chi connectivity index (χ1) is 14.1. The van der Waals surface area contributed by atoms with E-state index in [9.17, 15) is 4.79 Å². The van der Waals surface area contributed by atoms with Crippen LogP contribution in [0.15, 0.2) is 30.0 Å². The summed E-state index contributed by atoms with van der Waals surface area (Å²) in [5.41, 5.74) is 3.57. The number of hydrogen-bond acceptors (Lipinski definition) is 5. The van der Waals surface area contributed by atoms with E-state index in [1.54, 1.807) is 7.11 Å². The van der Waals surface area contributed by atoms with Gasteiger partial charge in [-0.1, -0.05) is 6.92 Å². The summed E-state index contributed by atoms with van der Waals surface area (Å²) in [4.78, 5) is 18.5. The Morgan fingerprint density at radius 2 is 2.10 bits per heavy atom. The van der Waals surface area contributed by atoms with E-state index in [1.165, 1.54) is 30.9 Å². The molecule has 2 aliphatic heterocycles. The number of nitrogens with zero attached hydrogens (tertiary/aromatic N) is 1. The number of carbonyl (C=O) groups excluding carboxylic acids is 1. The largest absolute Gasteiger partial charge is 0.497 e. The number of nitrogens with one attached hydrogen (secondary N) is 1. The van der Waals surface area contributed by atoms with Crippen LogP contribution in [-0.4, -0.2) is 50.3 Å². The van der Waals surface area contributed by atoms with E-state index in [2.05, 4.69) is 28.9 Å². The second kappa shape index (κ2) is 7.75. The van der Waals surface area contributed by atoms with Gasteiger partial charge in [-0.15, -0.1) is 0 Å². The zero-order chi connectivity index (χ0) is 20.6. The van der Waals surface area contributed by atoms with Gasteiger partial charge in [0.1, 0.15) is 5.75 Å². The third-order valence-electron chi connectivity index (χ3n) is 6.75. The van der Waals surface area contributed by atoms with Crippen LogP contribution >= 0.6 is 0 Å². The Morgan fingerprint density at radius 1 is 1.28 bits per heavy atom. The van der Waals surface area contributed by atoms with Crippen molar-refractivity contribution >= 4 is 16.9 Å². The van der Waals surface area contributed by atoms with Crippen LogP contribution in [0.25, 0.3) is 10.9 Å². The minimum absolute atomic E-state index is 0.179. The highest BCUT2D eigenvalue weighted by Gasteiger charge is 2.47. The van der Waals surface area contributed by atoms with E-state index in [-0.39, 0.29) is 11.5 Å². The van der Waals surface area contributed by atoms with E-state index >= 15 is 0 Å². The Kier molecular flexibility index (Phi) is 5.30. The Balaban J connectivity index is 1.87. The summed E-state index contributed by atoms with van der Waals surface area (Å²) in [5.74, 6) is 0.746. The third-order valence-corrected chi connectivity index (χ3v) is 6.75. The van der Waals surface area contributed by atoms with Crippen LogP contribution in [0.5, 0.6) is 5.75 Å². The molecular weight excluding hydrogens is 368 g/mol. The fourth-order valence-corrected chi connectivity index (χ4v) is 5.27. The molecule has 6 nitrogen and oxygen atoms in total. The Morgan fingerprint density at radius 3 is 2.79 bits per heavy atom. The van der Waals surface area contributed by atoms with E-state index in [4.69, 9.17) is 14.2 Å². The number of esters is 1. The van der Waals surface area contributed by atoms with Crippen LogP contribution in [0.4, 0.5) is 0 Å². The predicted octanol–water partition coefficient (Wildman–Crippen LogP) is 3.97. The van der Waals surface area contributed by atoms with Crippen molar-refractivity contribution < 1.29 is 19.0 Å². The van der Waals surface area contributed by atoms with Crippen molar-refractivity contribution in [1.29, 1.82) is 0 Å². The minimum atomic E-state index is -0.421. The van der Waals surface area contributed by atoms with Gasteiger partial charge >= 0.3 is 5.97 Å². The molecule has 1 fully saturated rings. The van der Waals surface area contributed by atoms with Gasteiger partial charge < -0.3 is 19.2 Å². The quantitative estimate of drug-likeness (QED) is 0.469. The van der Waals surface area contributed by atoms with Crippen molar-refractivity contribution in [2.24, 2.45) is 5.41 Å². The van der Waals surface area contributed by atoms with Gasteiger partial charge in [0.25, 0.3) is 0 Å². The van der Waals surface area contributed by atoms with E-state index in [0.29, 0.717) is 5.76 Å². The topological polar surface area (TPSA) is 63.8 Å². The third kappa shape index (κ3) is 3.19. The highest BCUT2D eigenvalue weighted by Crippen LogP contribution is 2.53. The summed E-state index contributed by atoms with van der Waals surface area (Å²) in [6, 6.07) is 6.40. The number of H-pyrrole nitrogens is 1. The molecule has 1 aromatic carbocycles. The number of methoxy groups -OCH3 is 3. The Labute approximate surface area is 171 Å². The summed E-state index contributed by atoms with van der Waals surface area (Å²) in [6.07, 6.45) is 6.05. The van der Waals surface area contributed by atoms with Gasteiger partial charge in [0.05, 0.1) is 27.4 Å². The number of hydrogen-bond donors (Lipinski definition) is 1. The molecule has 156 valence electrons. The number of piperidine rings is 1. The van der Waals surface area contributed by atoms with Gasteiger partial charge in [-0.2, -0.15) is 0 Å². The first kappa shape index (κ1) is 19.8. The highest BCUT2D eigenvalue weighted by atomic mass is 16.6. The lowest BCUT2D eigenvalue weighted by Crippen LogP contribution is -2.48. The van der Waals surface area contributed by atoms with Crippen molar-refractivity contribution in [3.63, 3.8) is 0 Å². The molecule has 1 N–H and O–H groups in total. The van der Waals surface area contributed by atoms with E-state index in [0.717, 1.165) is 50.0 Å². The lowest BCUT2D eigenvalue weighted by Gasteiger charge is -2.50. The monoisotopic (exact) mass is 398 g/mol. The maximum absolute atomic E-state index is 12.2. The van der Waals surface area contributed by atoms with Crippen molar-refractivity contribution in [3.8, 4) is 5.75 Å². The number of rotatable bonds is 5. The molecule has 0 unspecified atom stereocenters. The number of carbonyl (C=O) groups is 1. The van der Waals surface area contributed by atoms with Gasteiger partial charge in [0.2, 0.25) is 5.76 Å². The molecule has 0 saturated carbocycles. The molecule has 6 heteroatoms. The molecule has 2 atom stereocenters. The number of aromatic amines is 1. The number of fused-ring (bicyclic) bond motifs is 5. The molecule has 2 aromatic rings. The molecule has 3 heterocycles. The summed E-state index contributed by atoms with van der Waals surface area (Å²) in [5, 5.41) is 1.23. The summed E-state index contributed by atoms with van der Waals surface area (Å²) >= 11 is 0. The van der Waals surface area contributed by atoms with E-state index in [1.807, 2.05) is 12.1 Å². The molecular formula is C23H30N2O4. The first-order valence-corrected chi connectivity index (χ1v) is 10.3. The normalized spacial score (nSPS) is 24.7. The van der Waals surface area contributed by atoms with Gasteiger partial charge in [0.15, 0.2) is 0 Å². The molecule has 0 spiro atoms. The number of ether oxygens (including phenoxy) is 3. The Bertz CT molecular complexity index is 948. The maximum Gasteiger partial charge on any atom is 0.372 e. The molecule has 0 radical (unpaired) electrons. The van der Waals surface area contributed by atoms with Crippen LogP contribution in [0.3, 0.4) is 0 Å². The van der Waals surface area contributed by atoms with Gasteiger partial charge in [-0.3, -0.25) is 4.90 Å². The highest BCUT2D eigenvalue weighted by molar-refractivity contribution is 5.87. The van der Waals surface area contributed by atoms with Crippen LogP contribution in [0.2, 0.25) is 0 Å². The zero-order valence-corrected chi connectivity index (χ0v) is 17.7. The lowest BCUT2D eigenvalue weighted by atomic mass is 9.67. The average Bonchev–Trinajstić information content (AvgIpc) is 3.14.